The molecule has 1 aliphatic carbocycles. The summed E-state index contributed by atoms with van der Waals surface area (Å²) in [6.45, 7) is 0. The molecule has 0 amide bonds. The second kappa shape index (κ2) is 5.23. The van der Waals surface area contributed by atoms with Crippen LogP contribution in [0.1, 0.15) is 36.4 Å². The Balaban J connectivity index is 2.05. The van der Waals surface area contributed by atoms with Gasteiger partial charge in [-0.1, -0.05) is 36.8 Å². The predicted molar refractivity (Wildman–Crippen MR) is 80.7 cm³/mol. The fraction of sp³-hybridized carbons (Fsp3) is 0.312. The van der Waals surface area contributed by atoms with Gasteiger partial charge in [-0.25, -0.2) is 0 Å². The van der Waals surface area contributed by atoms with E-state index in [4.69, 9.17) is 11.6 Å². The van der Waals surface area contributed by atoms with Gasteiger partial charge in [-0.3, -0.25) is 16.3 Å². The lowest BCUT2D eigenvalue weighted by Crippen LogP contribution is -2.49. The third-order valence-corrected chi connectivity index (χ3v) is 4.51. The van der Waals surface area contributed by atoms with Crippen LogP contribution in [0.5, 0.6) is 0 Å². The van der Waals surface area contributed by atoms with Crippen molar-refractivity contribution in [2.24, 2.45) is 5.84 Å². The number of rotatable bonds is 4. The highest BCUT2D eigenvalue weighted by atomic mass is 15.2. The largest absolute Gasteiger partial charge is 0.398 e. The number of nitrogens with zero attached hydrogens (tertiary/aromatic N) is 1. The molecule has 20 heavy (non-hydrogen) atoms. The summed E-state index contributed by atoms with van der Waals surface area (Å²) >= 11 is 0. The quantitative estimate of drug-likeness (QED) is 0.587. The molecule has 0 aliphatic heterocycles. The topological polar surface area (TPSA) is 77.0 Å². The average Bonchev–Trinajstić information content (AvgIpc) is 2.45. The zero-order valence-electron chi connectivity index (χ0n) is 11.4. The summed E-state index contributed by atoms with van der Waals surface area (Å²) in [5.41, 5.74) is 12.2. The average molecular weight is 268 g/mol. The summed E-state index contributed by atoms with van der Waals surface area (Å²) in [6.07, 6.45) is 6.97. The lowest BCUT2D eigenvalue weighted by atomic mass is 9.59. The minimum atomic E-state index is -0.00708. The minimum Gasteiger partial charge on any atom is -0.398 e. The second-order valence-corrected chi connectivity index (χ2v) is 5.48. The Morgan fingerprint density at radius 2 is 1.90 bits per heavy atom. The molecule has 1 atom stereocenters. The van der Waals surface area contributed by atoms with Gasteiger partial charge in [0.2, 0.25) is 0 Å². The maximum Gasteiger partial charge on any atom is 0.0592 e. The molecule has 1 aliphatic rings. The van der Waals surface area contributed by atoms with Crippen LogP contribution in [-0.4, -0.2) is 4.98 Å². The Morgan fingerprint density at radius 1 is 1.15 bits per heavy atom. The Hall–Kier alpha value is -1.91. The molecule has 0 radical (unpaired) electrons. The first-order valence-electron chi connectivity index (χ1n) is 6.99. The lowest BCUT2D eigenvalue weighted by molar-refractivity contribution is 0.170. The summed E-state index contributed by atoms with van der Waals surface area (Å²) in [7, 11) is 0. The highest BCUT2D eigenvalue weighted by molar-refractivity contribution is 5.49. The van der Waals surface area contributed by atoms with E-state index in [-0.39, 0.29) is 11.5 Å². The fourth-order valence-corrected chi connectivity index (χ4v) is 3.28. The van der Waals surface area contributed by atoms with Crippen molar-refractivity contribution >= 4 is 5.69 Å². The van der Waals surface area contributed by atoms with Crippen LogP contribution < -0.4 is 17.0 Å². The third-order valence-electron chi connectivity index (χ3n) is 4.51. The number of pyridine rings is 1. The number of nitrogen functional groups attached to an aromatic ring is 1. The Labute approximate surface area is 119 Å². The van der Waals surface area contributed by atoms with Gasteiger partial charge in [0, 0.05) is 29.1 Å². The zero-order valence-corrected chi connectivity index (χ0v) is 11.4. The van der Waals surface area contributed by atoms with Crippen molar-refractivity contribution in [3.05, 3.63) is 59.9 Å². The van der Waals surface area contributed by atoms with Crippen molar-refractivity contribution < 1.29 is 0 Å². The van der Waals surface area contributed by atoms with Crippen molar-refractivity contribution in [1.29, 1.82) is 0 Å². The van der Waals surface area contributed by atoms with Crippen LogP contribution in [-0.2, 0) is 5.41 Å². The van der Waals surface area contributed by atoms with Crippen LogP contribution in [0.15, 0.2) is 48.8 Å². The van der Waals surface area contributed by atoms with E-state index in [2.05, 4.69) is 34.7 Å². The molecule has 104 valence electrons. The number of hydrogen-bond acceptors (Lipinski definition) is 4. The molecule has 0 bridgehead atoms. The smallest absolute Gasteiger partial charge is 0.0592 e. The summed E-state index contributed by atoms with van der Waals surface area (Å²) in [5, 5.41) is 0. The van der Waals surface area contributed by atoms with Crippen molar-refractivity contribution in [3.8, 4) is 0 Å². The monoisotopic (exact) mass is 268 g/mol. The molecule has 1 fully saturated rings. The summed E-state index contributed by atoms with van der Waals surface area (Å²) in [5.74, 6) is 5.87. The maximum atomic E-state index is 6.12. The summed E-state index contributed by atoms with van der Waals surface area (Å²) < 4.78 is 0. The van der Waals surface area contributed by atoms with Gasteiger partial charge in [-0.15, -0.1) is 0 Å². The third kappa shape index (κ3) is 1.97. The van der Waals surface area contributed by atoms with Crippen molar-refractivity contribution in [1.82, 2.24) is 10.4 Å². The first-order chi connectivity index (χ1) is 9.78. The van der Waals surface area contributed by atoms with Gasteiger partial charge in [0.05, 0.1) is 6.04 Å². The summed E-state index contributed by atoms with van der Waals surface area (Å²) in [6, 6.07) is 12.4. The molecule has 0 saturated heterocycles. The van der Waals surface area contributed by atoms with Gasteiger partial charge >= 0.3 is 0 Å². The number of nitrogens with two attached hydrogens (primary N) is 2. The number of aromatic nitrogens is 1. The highest BCUT2D eigenvalue weighted by Gasteiger charge is 2.46. The van der Waals surface area contributed by atoms with E-state index in [9.17, 15) is 0 Å². The normalized spacial score (nSPS) is 18.2. The number of benzene rings is 1. The molecule has 3 rings (SSSR count). The van der Waals surface area contributed by atoms with E-state index in [1.54, 1.807) is 6.20 Å². The van der Waals surface area contributed by atoms with E-state index >= 15 is 0 Å². The van der Waals surface area contributed by atoms with E-state index in [0.717, 1.165) is 24.1 Å². The van der Waals surface area contributed by atoms with Crippen molar-refractivity contribution in [2.45, 2.75) is 30.7 Å². The van der Waals surface area contributed by atoms with E-state index in [1.807, 2.05) is 18.3 Å². The van der Waals surface area contributed by atoms with Crippen LogP contribution in [0.2, 0.25) is 0 Å². The van der Waals surface area contributed by atoms with Crippen molar-refractivity contribution in [2.75, 3.05) is 5.73 Å². The van der Waals surface area contributed by atoms with Crippen LogP contribution in [0.25, 0.3) is 0 Å². The predicted octanol–water partition coefficient (Wildman–Crippen LogP) is 2.29. The summed E-state index contributed by atoms with van der Waals surface area (Å²) in [4.78, 5) is 4.20. The highest BCUT2D eigenvalue weighted by Crippen LogP contribution is 2.52. The van der Waals surface area contributed by atoms with Gasteiger partial charge in [0.25, 0.3) is 0 Å². The van der Waals surface area contributed by atoms with E-state index in [0.29, 0.717) is 0 Å². The molecular weight excluding hydrogens is 248 g/mol. The molecule has 2 aromatic rings. The first kappa shape index (κ1) is 13.1. The lowest BCUT2D eigenvalue weighted by Gasteiger charge is -2.48. The van der Waals surface area contributed by atoms with Gasteiger partial charge in [0.1, 0.15) is 0 Å². The molecule has 1 aromatic carbocycles. The van der Waals surface area contributed by atoms with Crippen LogP contribution in [0.4, 0.5) is 5.69 Å². The minimum absolute atomic E-state index is 0.00708. The first-order valence-corrected chi connectivity index (χ1v) is 6.99. The van der Waals surface area contributed by atoms with Crippen molar-refractivity contribution in [3.63, 3.8) is 0 Å². The van der Waals surface area contributed by atoms with Gasteiger partial charge in [0.15, 0.2) is 0 Å². The maximum absolute atomic E-state index is 6.12. The van der Waals surface area contributed by atoms with E-state index < -0.39 is 0 Å². The van der Waals surface area contributed by atoms with E-state index in [1.165, 1.54) is 12.0 Å². The van der Waals surface area contributed by atoms with Crippen LogP contribution in [0.3, 0.4) is 0 Å². The molecule has 1 heterocycles. The number of hydrogen-bond donors (Lipinski definition) is 3. The Bertz CT molecular complexity index is 578. The molecule has 4 nitrogen and oxygen atoms in total. The van der Waals surface area contributed by atoms with Crippen LogP contribution in [0, 0.1) is 0 Å². The second-order valence-electron chi connectivity index (χ2n) is 5.48. The number of hydrazine groups is 1. The SMILES string of the molecule is NNC(c1cnccc1N)C1(c2ccccc2)CCC1. The molecule has 5 N–H and O–H groups in total. The number of anilines is 1. The van der Waals surface area contributed by atoms with Gasteiger partial charge < -0.3 is 5.73 Å². The fourth-order valence-electron chi connectivity index (χ4n) is 3.28. The molecule has 1 saturated carbocycles. The van der Waals surface area contributed by atoms with Gasteiger partial charge in [-0.05, 0) is 24.5 Å². The molecule has 1 unspecified atom stereocenters. The molecule has 4 heteroatoms. The van der Waals surface area contributed by atoms with Gasteiger partial charge in [-0.2, -0.15) is 0 Å². The zero-order chi connectivity index (χ0) is 14.0. The molecule has 1 aromatic heterocycles. The standard InChI is InChI=1S/C16H20N4/c17-14-7-10-19-11-13(14)15(20-18)16(8-4-9-16)12-5-2-1-3-6-12/h1-3,5-7,10-11,15,20H,4,8-9,18H2,(H2,17,19). The Morgan fingerprint density at radius 3 is 2.45 bits per heavy atom. The number of nitrogens with one attached hydrogen (secondary N) is 1. The van der Waals surface area contributed by atoms with Crippen LogP contribution >= 0.6 is 0 Å². The molecule has 0 spiro atoms. The molecular formula is C16H20N4. The Kier molecular flexibility index (Phi) is 3.42.